The van der Waals surface area contributed by atoms with Gasteiger partial charge in [0.25, 0.3) is 5.91 Å². The van der Waals surface area contributed by atoms with Gasteiger partial charge in [-0.1, -0.05) is 0 Å². The maximum absolute atomic E-state index is 10.6. The van der Waals surface area contributed by atoms with Crippen LogP contribution in [0.4, 0.5) is 0 Å². The van der Waals surface area contributed by atoms with Crippen LogP contribution >= 0.6 is 0 Å². The van der Waals surface area contributed by atoms with Gasteiger partial charge in [-0.2, -0.15) is 0 Å². The molecule has 0 aromatic heterocycles. The lowest BCUT2D eigenvalue weighted by Gasteiger charge is -2.09. The summed E-state index contributed by atoms with van der Waals surface area (Å²) in [5.74, 6) is 0.860. The minimum absolute atomic E-state index is 0.138. The van der Waals surface area contributed by atoms with E-state index in [0.29, 0.717) is 22.8 Å². The van der Waals surface area contributed by atoms with E-state index < -0.39 is 5.91 Å². The highest BCUT2D eigenvalue weighted by molar-refractivity contribution is 5.75. The molecule has 0 saturated heterocycles. The minimum atomic E-state index is -0.582. The van der Waals surface area contributed by atoms with E-state index in [2.05, 4.69) is 0 Å². The summed E-state index contributed by atoms with van der Waals surface area (Å²) in [6.07, 6.45) is 0. The Bertz CT molecular complexity index is 418. The van der Waals surface area contributed by atoms with Gasteiger partial charge in [-0.05, 0) is 6.07 Å². The van der Waals surface area contributed by atoms with Crippen molar-refractivity contribution in [2.45, 2.75) is 6.61 Å². The molecule has 1 aromatic rings. The van der Waals surface area contributed by atoms with Gasteiger partial charge in [-0.15, -0.1) is 0 Å². The molecule has 0 saturated carbocycles. The Labute approximate surface area is 91.5 Å². The number of carbonyl (C=O) groups excluding carboxylic acids is 1. The van der Waals surface area contributed by atoms with Gasteiger partial charge < -0.3 is 25.1 Å². The third-order valence-electron chi connectivity index (χ3n) is 2.10. The van der Waals surface area contributed by atoms with Crippen molar-refractivity contribution in [3.8, 4) is 17.2 Å². The fourth-order valence-corrected chi connectivity index (χ4v) is 1.37. The molecule has 0 fully saturated rings. The summed E-state index contributed by atoms with van der Waals surface area (Å²) in [7, 11) is 0. The van der Waals surface area contributed by atoms with Gasteiger partial charge in [-0.25, -0.2) is 0 Å². The van der Waals surface area contributed by atoms with Crippen molar-refractivity contribution in [2.24, 2.45) is 5.73 Å². The largest absolute Gasteiger partial charge is 0.483 e. The van der Waals surface area contributed by atoms with Crippen molar-refractivity contribution < 1.29 is 24.1 Å². The lowest BCUT2D eigenvalue weighted by molar-refractivity contribution is -0.119. The second-order valence-electron chi connectivity index (χ2n) is 3.23. The van der Waals surface area contributed by atoms with Crippen molar-refractivity contribution in [3.05, 3.63) is 17.7 Å². The van der Waals surface area contributed by atoms with Crippen molar-refractivity contribution >= 4 is 5.91 Å². The number of amides is 1. The van der Waals surface area contributed by atoms with Gasteiger partial charge in [0.2, 0.25) is 6.79 Å². The van der Waals surface area contributed by atoms with E-state index in [0.717, 1.165) is 0 Å². The first-order valence-corrected chi connectivity index (χ1v) is 4.65. The summed E-state index contributed by atoms with van der Waals surface area (Å²) in [6, 6.07) is 3.18. The second kappa shape index (κ2) is 4.28. The summed E-state index contributed by atoms with van der Waals surface area (Å²) in [6.45, 7) is -0.323. The zero-order valence-corrected chi connectivity index (χ0v) is 8.43. The Morgan fingerprint density at radius 2 is 2.12 bits per heavy atom. The maximum atomic E-state index is 10.6. The summed E-state index contributed by atoms with van der Waals surface area (Å²) in [5.41, 5.74) is 5.48. The Hall–Kier alpha value is -1.95. The number of nitrogens with two attached hydrogens (primary N) is 1. The molecule has 0 radical (unpaired) electrons. The molecule has 1 aliphatic rings. The van der Waals surface area contributed by atoms with Crippen LogP contribution in [0.15, 0.2) is 12.1 Å². The molecule has 1 heterocycles. The number of fused-ring (bicyclic) bond motifs is 1. The molecule has 6 heteroatoms. The number of aliphatic hydroxyl groups is 1. The standard InChI is InChI=1S/C10H11NO5/c11-10(13)4-14-7-2-9-8(15-5-16-9)1-6(7)3-12/h1-2,12H,3-5H2,(H2,11,13). The Morgan fingerprint density at radius 3 is 2.75 bits per heavy atom. The normalized spacial score (nSPS) is 12.6. The first kappa shape index (κ1) is 10.6. The number of hydrogen-bond acceptors (Lipinski definition) is 5. The molecule has 3 N–H and O–H groups in total. The van der Waals surface area contributed by atoms with E-state index in [1.807, 2.05) is 0 Å². The number of hydrogen-bond donors (Lipinski definition) is 2. The van der Waals surface area contributed by atoms with Crippen LogP contribution in [-0.4, -0.2) is 24.4 Å². The molecule has 0 atom stereocenters. The summed E-state index contributed by atoms with van der Waals surface area (Å²) < 4.78 is 15.4. The van der Waals surface area contributed by atoms with Crippen LogP contribution in [0.2, 0.25) is 0 Å². The van der Waals surface area contributed by atoms with Gasteiger partial charge in [-0.3, -0.25) is 4.79 Å². The van der Waals surface area contributed by atoms with Gasteiger partial charge >= 0.3 is 0 Å². The zero-order chi connectivity index (χ0) is 11.5. The molecular formula is C10H11NO5. The zero-order valence-electron chi connectivity index (χ0n) is 8.43. The number of rotatable bonds is 4. The van der Waals surface area contributed by atoms with Crippen LogP contribution in [0.25, 0.3) is 0 Å². The van der Waals surface area contributed by atoms with E-state index in [4.69, 9.17) is 25.1 Å². The highest BCUT2D eigenvalue weighted by Gasteiger charge is 2.17. The van der Waals surface area contributed by atoms with Crippen LogP contribution in [-0.2, 0) is 11.4 Å². The number of aliphatic hydroxyl groups excluding tert-OH is 1. The SMILES string of the molecule is NC(=O)COc1cc2c(cc1CO)OCO2. The highest BCUT2D eigenvalue weighted by Crippen LogP contribution is 2.38. The summed E-state index contributed by atoms with van der Waals surface area (Å²) >= 11 is 0. The third kappa shape index (κ3) is 2.01. The number of primary amides is 1. The molecule has 0 spiro atoms. The van der Waals surface area contributed by atoms with Crippen LogP contribution in [0.3, 0.4) is 0 Å². The van der Waals surface area contributed by atoms with E-state index in [1.54, 1.807) is 12.1 Å². The van der Waals surface area contributed by atoms with Gasteiger partial charge in [0.1, 0.15) is 5.75 Å². The monoisotopic (exact) mass is 225 g/mol. The van der Waals surface area contributed by atoms with Crippen LogP contribution in [0.5, 0.6) is 17.2 Å². The Morgan fingerprint density at radius 1 is 1.44 bits per heavy atom. The average molecular weight is 225 g/mol. The summed E-state index contributed by atoms with van der Waals surface area (Å²) in [5, 5.41) is 9.12. The summed E-state index contributed by atoms with van der Waals surface area (Å²) in [4.78, 5) is 10.6. The topological polar surface area (TPSA) is 91.0 Å². The second-order valence-corrected chi connectivity index (χ2v) is 3.23. The van der Waals surface area contributed by atoms with Gasteiger partial charge in [0.05, 0.1) is 6.61 Å². The molecule has 2 rings (SSSR count). The molecule has 1 aromatic carbocycles. The Balaban J connectivity index is 2.25. The first-order valence-electron chi connectivity index (χ1n) is 4.65. The maximum Gasteiger partial charge on any atom is 0.255 e. The fourth-order valence-electron chi connectivity index (χ4n) is 1.37. The highest BCUT2D eigenvalue weighted by atomic mass is 16.7. The minimum Gasteiger partial charge on any atom is -0.483 e. The molecule has 1 aliphatic heterocycles. The predicted octanol–water partition coefficient (Wildman–Crippen LogP) is -0.228. The average Bonchev–Trinajstić information content (AvgIpc) is 2.71. The van der Waals surface area contributed by atoms with E-state index in [-0.39, 0.29) is 20.0 Å². The Kier molecular flexibility index (Phi) is 2.82. The van der Waals surface area contributed by atoms with E-state index >= 15 is 0 Å². The molecule has 16 heavy (non-hydrogen) atoms. The van der Waals surface area contributed by atoms with Crippen LogP contribution in [0, 0.1) is 0 Å². The lowest BCUT2D eigenvalue weighted by atomic mass is 10.2. The van der Waals surface area contributed by atoms with E-state index in [9.17, 15) is 4.79 Å². The van der Waals surface area contributed by atoms with Crippen molar-refractivity contribution in [3.63, 3.8) is 0 Å². The van der Waals surface area contributed by atoms with Crippen molar-refractivity contribution in [1.29, 1.82) is 0 Å². The molecule has 6 nitrogen and oxygen atoms in total. The van der Waals surface area contributed by atoms with Crippen LogP contribution in [0.1, 0.15) is 5.56 Å². The van der Waals surface area contributed by atoms with E-state index in [1.165, 1.54) is 0 Å². The molecular weight excluding hydrogens is 214 g/mol. The number of ether oxygens (including phenoxy) is 3. The molecule has 0 unspecified atom stereocenters. The van der Waals surface area contributed by atoms with Crippen molar-refractivity contribution in [2.75, 3.05) is 13.4 Å². The van der Waals surface area contributed by atoms with Crippen LogP contribution < -0.4 is 19.9 Å². The molecule has 0 bridgehead atoms. The van der Waals surface area contributed by atoms with Gasteiger partial charge in [0, 0.05) is 11.6 Å². The smallest absolute Gasteiger partial charge is 0.255 e. The van der Waals surface area contributed by atoms with Gasteiger partial charge in [0.15, 0.2) is 18.1 Å². The first-order chi connectivity index (χ1) is 7.70. The fraction of sp³-hybridized carbons (Fsp3) is 0.300. The van der Waals surface area contributed by atoms with Crippen molar-refractivity contribution in [1.82, 2.24) is 0 Å². The quantitative estimate of drug-likeness (QED) is 0.738. The molecule has 1 amide bonds. The molecule has 0 aliphatic carbocycles. The lowest BCUT2D eigenvalue weighted by Crippen LogP contribution is -2.20. The number of benzene rings is 1. The third-order valence-corrected chi connectivity index (χ3v) is 2.10. The predicted molar refractivity (Wildman–Crippen MR) is 53.2 cm³/mol. The molecule has 86 valence electrons. The number of carbonyl (C=O) groups is 1.